The zero-order chi connectivity index (χ0) is 43.0. The number of carbonyl (C=O) groups excluding carboxylic acids is 1. The minimum absolute atomic E-state index is 0.129. The molecule has 4 aromatic rings. The summed E-state index contributed by atoms with van der Waals surface area (Å²) in [6, 6.07) is 12.3. The van der Waals surface area contributed by atoms with Gasteiger partial charge in [0.25, 0.3) is 5.91 Å². The van der Waals surface area contributed by atoms with Gasteiger partial charge in [0.05, 0.1) is 34.0 Å². The summed E-state index contributed by atoms with van der Waals surface area (Å²) in [5, 5.41) is 17.3. The zero-order valence-corrected chi connectivity index (χ0v) is 37.1. The number of carboxylic acids is 1. The molecule has 6 fully saturated rings. The van der Waals surface area contributed by atoms with E-state index in [0.29, 0.717) is 57.1 Å². The summed E-state index contributed by atoms with van der Waals surface area (Å²) in [6.07, 6.45) is 17.1. The number of methoxy groups -OCH3 is 1. The van der Waals surface area contributed by atoms with Gasteiger partial charge in [-0.3, -0.25) is 19.5 Å². The van der Waals surface area contributed by atoms with Gasteiger partial charge in [-0.1, -0.05) is 53.5 Å². The SMILES string of the molecule is COc1cc(/C(F)=C/c2cccc(-c3cccc(NC(=O)c4nc5c(n4C)CCN(CCC46CCC(C(=O)O)(CC4)C6)C5)c3Cl)c2Cl)ncc1CNC12CC3CC(CC(C3)C1)C2. The van der Waals surface area contributed by atoms with Crippen molar-refractivity contribution >= 4 is 52.7 Å². The van der Waals surface area contributed by atoms with Gasteiger partial charge in [0.1, 0.15) is 17.3 Å². The molecule has 2 aromatic heterocycles. The largest absolute Gasteiger partial charge is 0.496 e. The van der Waals surface area contributed by atoms with Gasteiger partial charge in [0, 0.05) is 73.3 Å². The van der Waals surface area contributed by atoms with E-state index in [9.17, 15) is 14.7 Å². The third kappa shape index (κ3) is 7.54. The number of pyridine rings is 1. The van der Waals surface area contributed by atoms with E-state index in [-0.39, 0.29) is 22.6 Å². The zero-order valence-electron chi connectivity index (χ0n) is 35.5. The van der Waals surface area contributed by atoms with E-state index in [0.717, 1.165) is 92.7 Å². The number of aliphatic carboxylic acids is 1. The third-order valence-electron chi connectivity index (χ3n) is 15.9. The number of imidazole rings is 1. The first-order valence-corrected chi connectivity index (χ1v) is 23.1. The van der Waals surface area contributed by atoms with Crippen molar-refractivity contribution in [2.45, 2.75) is 102 Å². The van der Waals surface area contributed by atoms with E-state index >= 15 is 4.39 Å². The van der Waals surface area contributed by atoms with Crippen LogP contribution < -0.4 is 15.4 Å². The maximum absolute atomic E-state index is 16.0. The van der Waals surface area contributed by atoms with E-state index in [1.807, 2.05) is 23.7 Å². The second-order valence-corrected chi connectivity index (χ2v) is 20.4. The number of carbonyl (C=O) groups is 2. The lowest BCUT2D eigenvalue weighted by atomic mass is 9.53. The molecule has 0 atom stereocenters. The van der Waals surface area contributed by atoms with Crippen LogP contribution >= 0.6 is 23.2 Å². The standard InChI is InChI=1S/C49H55Cl2FN6O4/c1-57-40-9-15-58(16-14-47-10-12-48(28-47,13-11-47)46(60)61)27-39(40)55-44(57)45(59)56-37-8-4-7-35(43(37)51)34-6-3-5-32(42(34)50)20-36(52)38-21-41(62-2)33(25-53-38)26-54-49-22-29-17-30(23-49)19-31(18-29)24-49/h3-8,20-21,25,29-31,54H,9-19,22-24,26-28H2,1-2H3,(H,56,59)(H,60,61)/b36-20-. The fourth-order valence-electron chi connectivity index (χ4n) is 13.0. The Labute approximate surface area is 372 Å². The Bertz CT molecular complexity index is 2440. The normalized spacial score (nSPS) is 28.7. The Morgan fingerprint density at radius 1 is 1.00 bits per heavy atom. The highest BCUT2D eigenvalue weighted by molar-refractivity contribution is 6.39. The van der Waals surface area contributed by atoms with Crippen LogP contribution in [-0.4, -0.2) is 62.2 Å². The number of fused-ring (bicyclic) bond motifs is 3. The summed E-state index contributed by atoms with van der Waals surface area (Å²) >= 11 is 14.0. The molecule has 2 aromatic carbocycles. The van der Waals surface area contributed by atoms with Crippen molar-refractivity contribution in [1.82, 2.24) is 24.8 Å². The van der Waals surface area contributed by atoms with Gasteiger partial charge in [0.2, 0.25) is 0 Å². The molecule has 0 spiro atoms. The lowest BCUT2D eigenvalue weighted by molar-refractivity contribution is -0.148. The number of nitrogens with zero attached hydrogens (tertiary/aromatic N) is 4. The Hall–Kier alpha value is -4.29. The predicted molar refractivity (Wildman–Crippen MR) is 240 cm³/mol. The van der Waals surface area contributed by atoms with Crippen LogP contribution in [0, 0.1) is 28.6 Å². The van der Waals surface area contributed by atoms with Crippen molar-refractivity contribution in [3.63, 3.8) is 0 Å². The molecule has 10 nitrogen and oxygen atoms in total. The molecule has 1 amide bonds. The molecule has 6 aliphatic carbocycles. The molecule has 62 heavy (non-hydrogen) atoms. The van der Waals surface area contributed by atoms with Gasteiger partial charge < -0.3 is 25.0 Å². The van der Waals surface area contributed by atoms with E-state index in [1.165, 1.54) is 44.6 Å². The van der Waals surface area contributed by atoms with Crippen molar-refractivity contribution in [2.75, 3.05) is 25.5 Å². The highest BCUT2D eigenvalue weighted by Crippen LogP contribution is 2.63. The molecule has 13 heteroatoms. The van der Waals surface area contributed by atoms with Crippen LogP contribution in [-0.2, 0) is 31.4 Å². The molecule has 3 heterocycles. The summed E-state index contributed by atoms with van der Waals surface area (Å²) in [5.41, 5.74) is 4.81. The number of amides is 1. The minimum atomic E-state index is -0.629. The van der Waals surface area contributed by atoms with Crippen molar-refractivity contribution in [2.24, 2.45) is 35.6 Å². The molecule has 11 rings (SSSR count). The fraction of sp³-hybridized carbons (Fsp3) is 0.510. The number of anilines is 1. The molecule has 6 saturated carbocycles. The number of halogens is 3. The Kier molecular flexibility index (Phi) is 10.8. The second-order valence-electron chi connectivity index (χ2n) is 19.7. The van der Waals surface area contributed by atoms with Crippen molar-refractivity contribution in [3.05, 3.63) is 92.7 Å². The lowest BCUT2D eigenvalue weighted by Crippen LogP contribution is -2.58. The molecule has 1 aliphatic heterocycles. The van der Waals surface area contributed by atoms with Crippen molar-refractivity contribution in [1.29, 1.82) is 0 Å². The smallest absolute Gasteiger partial charge is 0.309 e. The summed E-state index contributed by atoms with van der Waals surface area (Å²) in [4.78, 5) is 37.5. The molecule has 326 valence electrons. The van der Waals surface area contributed by atoms with Crippen molar-refractivity contribution in [3.8, 4) is 16.9 Å². The van der Waals surface area contributed by atoms with E-state index < -0.39 is 17.2 Å². The van der Waals surface area contributed by atoms with Crippen LogP contribution in [0.4, 0.5) is 10.1 Å². The molecular formula is C49H55Cl2FN6O4. The van der Waals surface area contributed by atoms with E-state index in [1.54, 1.807) is 43.6 Å². The maximum Gasteiger partial charge on any atom is 0.309 e. The maximum atomic E-state index is 16.0. The number of rotatable bonds is 13. The molecule has 7 aliphatic rings. The number of hydrogen-bond donors (Lipinski definition) is 3. The van der Waals surface area contributed by atoms with Gasteiger partial charge in [-0.15, -0.1) is 0 Å². The van der Waals surface area contributed by atoms with Gasteiger partial charge in [0.15, 0.2) is 5.82 Å². The van der Waals surface area contributed by atoms with Crippen LogP contribution in [0.1, 0.15) is 116 Å². The summed E-state index contributed by atoms with van der Waals surface area (Å²) in [7, 11) is 3.48. The van der Waals surface area contributed by atoms with Gasteiger partial charge in [-0.2, -0.15) is 0 Å². The number of carboxylic acid groups (broad SMARTS) is 1. The first-order valence-electron chi connectivity index (χ1n) is 22.4. The van der Waals surface area contributed by atoms with E-state index in [2.05, 4.69) is 20.5 Å². The Morgan fingerprint density at radius 3 is 2.37 bits per heavy atom. The third-order valence-corrected chi connectivity index (χ3v) is 16.7. The van der Waals surface area contributed by atoms with Crippen LogP contribution in [0.3, 0.4) is 0 Å². The number of benzene rings is 2. The first-order chi connectivity index (χ1) is 29.8. The quantitative estimate of drug-likeness (QED) is 0.121. The summed E-state index contributed by atoms with van der Waals surface area (Å²) in [5.74, 6) is 1.84. The molecular weight excluding hydrogens is 826 g/mol. The van der Waals surface area contributed by atoms with Gasteiger partial charge >= 0.3 is 5.97 Å². The molecule has 0 saturated heterocycles. The molecule has 0 unspecified atom stereocenters. The minimum Gasteiger partial charge on any atom is -0.496 e. The second kappa shape index (κ2) is 16.1. The number of aromatic nitrogens is 3. The summed E-state index contributed by atoms with van der Waals surface area (Å²) in [6.45, 7) is 3.02. The fourth-order valence-corrected chi connectivity index (χ4v) is 13.5. The summed E-state index contributed by atoms with van der Waals surface area (Å²) < 4.78 is 23.6. The van der Waals surface area contributed by atoms with Gasteiger partial charge in [-0.05, 0) is 124 Å². The number of ether oxygens (including phenoxy) is 1. The number of hydrogen-bond acceptors (Lipinski definition) is 7. The highest BCUT2D eigenvalue weighted by Gasteiger charge is 2.58. The predicted octanol–water partition coefficient (Wildman–Crippen LogP) is 10.4. The van der Waals surface area contributed by atoms with E-state index in [4.69, 9.17) is 32.9 Å². The van der Waals surface area contributed by atoms with Crippen LogP contribution in [0.25, 0.3) is 23.0 Å². The van der Waals surface area contributed by atoms with Crippen LogP contribution in [0.2, 0.25) is 10.0 Å². The van der Waals surface area contributed by atoms with Crippen LogP contribution in [0.5, 0.6) is 5.75 Å². The molecule has 6 bridgehead atoms. The first kappa shape index (κ1) is 41.7. The highest BCUT2D eigenvalue weighted by atomic mass is 35.5. The average molecular weight is 882 g/mol. The van der Waals surface area contributed by atoms with Crippen LogP contribution in [0.15, 0.2) is 48.7 Å². The lowest BCUT2D eigenvalue weighted by Gasteiger charge is -2.57. The average Bonchev–Trinajstić information content (AvgIpc) is 3.94. The Balaban J connectivity index is 0.807. The topological polar surface area (TPSA) is 122 Å². The molecule has 3 N–H and O–H groups in total. The van der Waals surface area contributed by atoms with Crippen molar-refractivity contribution < 1.29 is 23.8 Å². The Morgan fingerprint density at radius 2 is 1.69 bits per heavy atom. The monoisotopic (exact) mass is 880 g/mol. The molecule has 0 radical (unpaired) electrons. The number of nitrogens with one attached hydrogen (secondary N) is 2. The van der Waals surface area contributed by atoms with Gasteiger partial charge in [-0.25, -0.2) is 9.37 Å².